The third-order valence-electron chi connectivity index (χ3n) is 5.47. The fourth-order valence-electron chi connectivity index (χ4n) is 3.81. The molecule has 1 saturated heterocycles. The molecule has 144 valence electrons. The summed E-state index contributed by atoms with van der Waals surface area (Å²) in [4.78, 5) is 26.3. The van der Waals surface area contributed by atoms with Gasteiger partial charge in [0.15, 0.2) is 0 Å². The number of primary amides is 1. The van der Waals surface area contributed by atoms with Crippen LogP contribution in [0.4, 0.5) is 0 Å². The molecule has 1 aromatic heterocycles. The maximum absolute atomic E-state index is 12.3. The first-order chi connectivity index (χ1) is 12.3. The Kier molecular flexibility index (Phi) is 5.39. The number of furan rings is 1. The van der Waals surface area contributed by atoms with E-state index in [4.69, 9.17) is 14.9 Å². The van der Waals surface area contributed by atoms with Crippen molar-refractivity contribution in [1.29, 1.82) is 0 Å². The van der Waals surface area contributed by atoms with Gasteiger partial charge in [0.25, 0.3) is 5.91 Å². The Labute approximate surface area is 154 Å². The molecule has 3 rings (SSSR count). The second kappa shape index (κ2) is 7.40. The highest BCUT2D eigenvalue weighted by Gasteiger charge is 2.35. The first kappa shape index (κ1) is 18.9. The number of ether oxygens (including phenoxy) is 1. The molecule has 1 aliphatic heterocycles. The van der Waals surface area contributed by atoms with Crippen molar-refractivity contribution in [2.75, 3.05) is 32.7 Å². The van der Waals surface area contributed by atoms with Gasteiger partial charge in [-0.2, -0.15) is 0 Å². The summed E-state index contributed by atoms with van der Waals surface area (Å²) in [5.41, 5.74) is 6.75. The zero-order valence-corrected chi connectivity index (χ0v) is 15.9. The molecule has 0 aromatic carbocycles. The standard InChI is InChI=1S/C19H29N3O4/c1-19(2,3)12-4-5-13-14(10-12)25-18(16(13)17(20)24)26-15(23)11-22-8-6-21-7-9-22/h12,21H,4-11H2,1-3H3,(H2,20,24). The Morgan fingerprint density at radius 3 is 2.62 bits per heavy atom. The van der Waals surface area contributed by atoms with E-state index in [1.165, 1.54) is 0 Å². The van der Waals surface area contributed by atoms with E-state index >= 15 is 0 Å². The van der Waals surface area contributed by atoms with Crippen LogP contribution in [0.2, 0.25) is 0 Å². The number of fused-ring (bicyclic) bond motifs is 1. The SMILES string of the molecule is CC(C)(C)C1CCc2c(oc(OC(=O)CN3CCNCC3)c2C(N)=O)C1. The van der Waals surface area contributed by atoms with E-state index in [1.54, 1.807) is 0 Å². The molecule has 1 aromatic rings. The van der Waals surface area contributed by atoms with Gasteiger partial charge in [0, 0.05) is 38.2 Å². The molecule has 26 heavy (non-hydrogen) atoms. The predicted octanol–water partition coefficient (Wildman–Crippen LogP) is 1.34. The third kappa shape index (κ3) is 4.10. The van der Waals surface area contributed by atoms with E-state index in [-0.39, 0.29) is 23.5 Å². The van der Waals surface area contributed by atoms with Gasteiger partial charge < -0.3 is 20.2 Å². The maximum atomic E-state index is 12.3. The zero-order valence-electron chi connectivity index (χ0n) is 15.9. The summed E-state index contributed by atoms with van der Waals surface area (Å²) in [5.74, 6) is 0.125. The van der Waals surface area contributed by atoms with Crippen LogP contribution in [0.25, 0.3) is 0 Å². The molecule has 0 radical (unpaired) electrons. The normalized spacial score (nSPS) is 21.3. The van der Waals surface area contributed by atoms with Gasteiger partial charge in [0.2, 0.25) is 0 Å². The van der Waals surface area contributed by atoms with E-state index in [2.05, 4.69) is 26.1 Å². The fraction of sp³-hybridized carbons (Fsp3) is 0.684. The largest absolute Gasteiger partial charge is 0.430 e. The Bertz CT molecular complexity index is 684. The lowest BCUT2D eigenvalue weighted by Gasteiger charge is -2.33. The number of nitrogens with two attached hydrogens (primary N) is 1. The lowest BCUT2D eigenvalue weighted by atomic mass is 9.72. The molecule has 3 N–H and O–H groups in total. The summed E-state index contributed by atoms with van der Waals surface area (Å²) in [6.45, 7) is 10.1. The highest BCUT2D eigenvalue weighted by atomic mass is 16.6. The van der Waals surface area contributed by atoms with E-state index in [0.29, 0.717) is 12.3 Å². The number of piperazine rings is 1. The van der Waals surface area contributed by atoms with Crippen LogP contribution < -0.4 is 15.8 Å². The first-order valence-electron chi connectivity index (χ1n) is 9.34. The Morgan fingerprint density at radius 1 is 1.31 bits per heavy atom. The second-order valence-corrected chi connectivity index (χ2v) is 8.34. The van der Waals surface area contributed by atoms with Crippen molar-refractivity contribution in [2.45, 2.75) is 40.0 Å². The van der Waals surface area contributed by atoms with Gasteiger partial charge in [0.05, 0.1) is 6.54 Å². The number of carbonyl (C=O) groups excluding carboxylic acids is 2. The van der Waals surface area contributed by atoms with E-state index < -0.39 is 11.9 Å². The number of carbonyl (C=O) groups is 2. The van der Waals surface area contributed by atoms with Gasteiger partial charge in [-0.1, -0.05) is 20.8 Å². The van der Waals surface area contributed by atoms with Gasteiger partial charge in [-0.05, 0) is 24.2 Å². The van der Waals surface area contributed by atoms with E-state index in [9.17, 15) is 9.59 Å². The molecule has 2 heterocycles. The van der Waals surface area contributed by atoms with Crippen LogP contribution >= 0.6 is 0 Å². The minimum absolute atomic E-state index is 0.0304. The van der Waals surface area contributed by atoms with Gasteiger partial charge >= 0.3 is 11.9 Å². The average Bonchev–Trinajstić information content (AvgIpc) is 2.91. The molecular weight excluding hydrogens is 334 g/mol. The molecule has 7 heteroatoms. The Hall–Kier alpha value is -1.86. The van der Waals surface area contributed by atoms with Crippen LogP contribution in [-0.2, 0) is 17.6 Å². The Balaban J connectivity index is 1.76. The molecule has 1 fully saturated rings. The van der Waals surface area contributed by atoms with Crippen molar-refractivity contribution in [3.63, 3.8) is 0 Å². The number of esters is 1. The summed E-state index contributed by atoms with van der Waals surface area (Å²) in [7, 11) is 0. The topological polar surface area (TPSA) is 97.8 Å². The van der Waals surface area contributed by atoms with Gasteiger partial charge in [-0.3, -0.25) is 14.5 Å². The number of nitrogens with one attached hydrogen (secondary N) is 1. The van der Waals surface area contributed by atoms with Crippen molar-refractivity contribution in [1.82, 2.24) is 10.2 Å². The highest BCUT2D eigenvalue weighted by Crippen LogP contribution is 2.41. The van der Waals surface area contributed by atoms with Crippen molar-refractivity contribution >= 4 is 11.9 Å². The second-order valence-electron chi connectivity index (χ2n) is 8.34. The molecule has 0 bridgehead atoms. The monoisotopic (exact) mass is 363 g/mol. The minimum atomic E-state index is -0.603. The maximum Gasteiger partial charge on any atom is 0.327 e. The summed E-state index contributed by atoms with van der Waals surface area (Å²) in [6, 6.07) is 0. The quantitative estimate of drug-likeness (QED) is 0.784. The molecule has 1 atom stereocenters. The molecule has 0 spiro atoms. The number of hydrogen-bond acceptors (Lipinski definition) is 6. The molecule has 1 unspecified atom stereocenters. The molecule has 2 aliphatic rings. The van der Waals surface area contributed by atoms with Gasteiger partial charge in [-0.25, -0.2) is 0 Å². The van der Waals surface area contributed by atoms with Crippen LogP contribution in [-0.4, -0.2) is 49.5 Å². The third-order valence-corrected chi connectivity index (χ3v) is 5.47. The summed E-state index contributed by atoms with van der Waals surface area (Å²) in [6.07, 6.45) is 2.41. The van der Waals surface area contributed by atoms with Crippen molar-refractivity contribution in [3.8, 4) is 5.95 Å². The summed E-state index contributed by atoms with van der Waals surface area (Å²) < 4.78 is 11.2. The van der Waals surface area contributed by atoms with Crippen molar-refractivity contribution < 1.29 is 18.7 Å². The number of nitrogens with zero attached hydrogens (tertiary/aromatic N) is 1. The van der Waals surface area contributed by atoms with Crippen molar-refractivity contribution in [2.24, 2.45) is 17.1 Å². The lowest BCUT2D eigenvalue weighted by molar-refractivity contribution is -0.137. The molecule has 1 amide bonds. The first-order valence-corrected chi connectivity index (χ1v) is 9.34. The predicted molar refractivity (Wildman–Crippen MR) is 97.1 cm³/mol. The fourth-order valence-corrected chi connectivity index (χ4v) is 3.81. The van der Waals surface area contributed by atoms with Crippen LogP contribution in [0, 0.1) is 11.3 Å². The number of rotatable bonds is 4. The average molecular weight is 363 g/mol. The summed E-state index contributed by atoms with van der Waals surface area (Å²) in [5, 5.41) is 3.24. The smallest absolute Gasteiger partial charge is 0.327 e. The van der Waals surface area contributed by atoms with Crippen molar-refractivity contribution in [3.05, 3.63) is 16.9 Å². The van der Waals surface area contributed by atoms with E-state index in [0.717, 1.165) is 50.3 Å². The zero-order chi connectivity index (χ0) is 18.9. The number of amides is 1. The van der Waals surface area contributed by atoms with Crippen LogP contribution in [0.15, 0.2) is 4.42 Å². The molecular formula is C19H29N3O4. The molecule has 7 nitrogen and oxygen atoms in total. The minimum Gasteiger partial charge on any atom is -0.430 e. The molecule has 1 aliphatic carbocycles. The summed E-state index contributed by atoms with van der Waals surface area (Å²) >= 11 is 0. The number of hydrogen-bond donors (Lipinski definition) is 2. The van der Waals surface area contributed by atoms with Crippen LogP contribution in [0.5, 0.6) is 5.95 Å². The van der Waals surface area contributed by atoms with Gasteiger partial charge in [-0.15, -0.1) is 0 Å². The van der Waals surface area contributed by atoms with E-state index in [1.807, 2.05) is 4.90 Å². The Morgan fingerprint density at radius 2 is 2.00 bits per heavy atom. The lowest BCUT2D eigenvalue weighted by Crippen LogP contribution is -2.46. The van der Waals surface area contributed by atoms with Crippen LogP contribution in [0.1, 0.15) is 48.9 Å². The highest BCUT2D eigenvalue weighted by molar-refractivity contribution is 5.97. The molecule has 0 saturated carbocycles. The van der Waals surface area contributed by atoms with Crippen LogP contribution in [0.3, 0.4) is 0 Å². The van der Waals surface area contributed by atoms with Gasteiger partial charge in [0.1, 0.15) is 11.3 Å².